The Labute approximate surface area is 214 Å². The molecule has 3 N–H and O–H groups in total. The molecule has 0 fully saturated rings. The Morgan fingerprint density at radius 3 is 2.67 bits per heavy atom. The zero-order valence-corrected chi connectivity index (χ0v) is 21.2. The number of amidine groups is 1. The predicted octanol–water partition coefficient (Wildman–Crippen LogP) is 4.28. The van der Waals surface area contributed by atoms with Crippen LogP contribution in [0.25, 0.3) is 0 Å². The van der Waals surface area contributed by atoms with Crippen LogP contribution in [-0.4, -0.2) is 50.0 Å². The SMILES string of the molecule is Cc1c(C([OH2+])=NC(=N)c2ccc(OC(C)C)c(Cl)c2)nc2n1CCN(C(=O)OCc1ccccc1)C2. The van der Waals surface area contributed by atoms with Gasteiger partial charge in [0.1, 0.15) is 18.2 Å². The van der Waals surface area contributed by atoms with Crippen molar-refractivity contribution in [2.75, 3.05) is 6.54 Å². The second-order valence-corrected chi connectivity index (χ2v) is 9.10. The molecule has 3 aromatic rings. The summed E-state index contributed by atoms with van der Waals surface area (Å²) in [6, 6.07) is 14.5. The average molecular weight is 511 g/mol. The molecule has 0 saturated heterocycles. The number of ether oxygens (including phenoxy) is 2. The first kappa shape index (κ1) is 25.2. The molecule has 1 aromatic heterocycles. The van der Waals surface area contributed by atoms with Gasteiger partial charge in [0, 0.05) is 18.7 Å². The van der Waals surface area contributed by atoms with Crippen LogP contribution in [0.15, 0.2) is 53.5 Å². The van der Waals surface area contributed by atoms with Crippen molar-refractivity contribution in [2.45, 2.75) is 46.6 Å². The van der Waals surface area contributed by atoms with Gasteiger partial charge in [-0.3, -0.25) is 10.3 Å². The molecule has 2 aromatic carbocycles. The van der Waals surface area contributed by atoms with Gasteiger partial charge in [-0.2, -0.15) is 0 Å². The fourth-order valence-corrected chi connectivity index (χ4v) is 4.12. The predicted molar refractivity (Wildman–Crippen MR) is 138 cm³/mol. The van der Waals surface area contributed by atoms with Crippen molar-refractivity contribution in [2.24, 2.45) is 4.99 Å². The second-order valence-electron chi connectivity index (χ2n) is 8.70. The highest BCUT2D eigenvalue weighted by Gasteiger charge is 2.28. The van der Waals surface area contributed by atoms with Crippen molar-refractivity contribution in [1.82, 2.24) is 14.5 Å². The Bertz CT molecular complexity index is 1300. The third-order valence-electron chi connectivity index (χ3n) is 5.71. The van der Waals surface area contributed by atoms with Crippen molar-refractivity contribution < 1.29 is 19.4 Å². The van der Waals surface area contributed by atoms with E-state index < -0.39 is 6.09 Å². The molecular weight excluding hydrogens is 482 g/mol. The van der Waals surface area contributed by atoms with E-state index in [9.17, 15) is 4.79 Å². The van der Waals surface area contributed by atoms with Gasteiger partial charge in [0.2, 0.25) is 5.69 Å². The molecule has 188 valence electrons. The molecule has 0 atom stereocenters. The highest BCUT2D eigenvalue weighted by atomic mass is 35.5. The lowest BCUT2D eigenvalue weighted by Crippen LogP contribution is -2.38. The van der Waals surface area contributed by atoms with E-state index in [0.717, 1.165) is 11.3 Å². The molecule has 1 aliphatic rings. The lowest BCUT2D eigenvalue weighted by Gasteiger charge is -2.27. The van der Waals surface area contributed by atoms with Gasteiger partial charge in [-0.15, -0.1) is 4.99 Å². The minimum Gasteiger partial charge on any atom is -0.577 e. The Balaban J connectivity index is 1.45. The maximum atomic E-state index is 12.6. The zero-order valence-electron chi connectivity index (χ0n) is 20.4. The van der Waals surface area contributed by atoms with E-state index in [-0.39, 0.29) is 31.0 Å². The number of amides is 1. The van der Waals surface area contributed by atoms with E-state index >= 15 is 0 Å². The first-order valence-corrected chi connectivity index (χ1v) is 12.0. The summed E-state index contributed by atoms with van der Waals surface area (Å²) in [6.07, 6.45) is -0.433. The van der Waals surface area contributed by atoms with Crippen LogP contribution in [0.5, 0.6) is 5.75 Å². The van der Waals surface area contributed by atoms with Crippen molar-refractivity contribution >= 4 is 29.4 Å². The minimum absolute atomic E-state index is 0.0257. The number of carbonyl (C=O) groups excluding carboxylic acids is 1. The maximum Gasteiger partial charge on any atom is 0.410 e. The van der Waals surface area contributed by atoms with E-state index in [1.54, 1.807) is 23.1 Å². The molecule has 0 aliphatic carbocycles. The number of rotatable bonds is 6. The van der Waals surface area contributed by atoms with Crippen LogP contribution < -0.4 is 4.74 Å². The summed E-state index contributed by atoms with van der Waals surface area (Å²) >= 11 is 6.29. The molecule has 0 unspecified atom stereocenters. The Hall–Kier alpha value is -3.85. The highest BCUT2D eigenvalue weighted by molar-refractivity contribution is 6.32. The lowest BCUT2D eigenvalue weighted by atomic mass is 10.2. The fraction of sp³-hybridized carbons (Fsp3) is 0.308. The first-order valence-electron chi connectivity index (χ1n) is 11.6. The summed E-state index contributed by atoms with van der Waals surface area (Å²) in [5.74, 6) is 0.948. The van der Waals surface area contributed by atoms with E-state index in [4.69, 9.17) is 31.6 Å². The highest BCUT2D eigenvalue weighted by Crippen LogP contribution is 2.27. The van der Waals surface area contributed by atoms with Gasteiger partial charge in [-0.25, -0.2) is 9.78 Å². The molecule has 4 rings (SSSR count). The van der Waals surface area contributed by atoms with Crippen molar-refractivity contribution in [3.8, 4) is 5.75 Å². The van der Waals surface area contributed by atoms with Gasteiger partial charge in [0.15, 0.2) is 5.84 Å². The summed E-state index contributed by atoms with van der Waals surface area (Å²) < 4.78 is 13.1. The monoisotopic (exact) mass is 510 g/mol. The molecule has 1 amide bonds. The van der Waals surface area contributed by atoms with Crippen LogP contribution in [0.2, 0.25) is 5.02 Å². The smallest absolute Gasteiger partial charge is 0.410 e. The van der Waals surface area contributed by atoms with Crippen LogP contribution in [0.3, 0.4) is 0 Å². The standard InChI is InChI=1S/C26H28ClN5O4/c1-16(2)36-21-10-9-19(13-20(21)27)24(28)30-25(33)23-17(3)32-12-11-31(14-22(32)29-23)26(34)35-15-18-7-5-4-6-8-18/h4-10,13,16H,11-12,14-15H2,1-3H3,(H2,28,30,33)/p+1. The molecule has 0 saturated carbocycles. The van der Waals surface area contributed by atoms with Crippen LogP contribution in [0.4, 0.5) is 4.79 Å². The quantitative estimate of drug-likeness (QED) is 0.302. The molecule has 0 bridgehead atoms. The number of aromatic nitrogens is 2. The van der Waals surface area contributed by atoms with E-state index in [0.29, 0.717) is 40.9 Å². The molecule has 10 heteroatoms. The fourth-order valence-electron chi connectivity index (χ4n) is 3.90. The number of hydrogen-bond donors (Lipinski definition) is 1. The van der Waals surface area contributed by atoms with Crippen molar-refractivity contribution in [1.29, 1.82) is 5.41 Å². The molecule has 36 heavy (non-hydrogen) atoms. The molecule has 1 aliphatic heterocycles. The maximum absolute atomic E-state index is 12.6. The van der Waals surface area contributed by atoms with Gasteiger partial charge in [-0.1, -0.05) is 41.9 Å². The van der Waals surface area contributed by atoms with Gasteiger partial charge in [0.25, 0.3) is 0 Å². The summed E-state index contributed by atoms with van der Waals surface area (Å²) in [5, 5.41) is 17.2. The van der Waals surface area contributed by atoms with E-state index in [1.807, 2.05) is 55.7 Å². The van der Waals surface area contributed by atoms with E-state index in [1.165, 1.54) is 0 Å². The number of nitrogens with zero attached hydrogens (tertiary/aromatic N) is 4. The molecule has 0 spiro atoms. The topological polar surface area (TPSA) is 116 Å². The van der Waals surface area contributed by atoms with E-state index in [2.05, 4.69) is 9.98 Å². The van der Waals surface area contributed by atoms with Gasteiger partial charge >= 0.3 is 12.0 Å². The van der Waals surface area contributed by atoms with Gasteiger partial charge in [-0.05, 0) is 44.5 Å². The number of nitrogens with one attached hydrogen (secondary N) is 1. The Kier molecular flexibility index (Phi) is 7.59. The van der Waals surface area contributed by atoms with Gasteiger partial charge in [0.05, 0.1) is 23.4 Å². The molecule has 2 heterocycles. The van der Waals surface area contributed by atoms with Gasteiger partial charge < -0.3 is 19.1 Å². The summed E-state index contributed by atoms with van der Waals surface area (Å²) in [4.78, 5) is 22.9. The number of fused-ring (bicyclic) bond motifs is 1. The van der Waals surface area contributed by atoms with Crippen molar-refractivity contribution in [3.63, 3.8) is 0 Å². The van der Waals surface area contributed by atoms with Crippen LogP contribution in [0, 0.1) is 12.3 Å². The number of carbonyl (C=O) groups is 1. The second kappa shape index (κ2) is 10.8. The number of benzene rings is 2. The Morgan fingerprint density at radius 2 is 1.97 bits per heavy atom. The van der Waals surface area contributed by atoms with Crippen LogP contribution in [-0.2, 0) is 24.4 Å². The van der Waals surface area contributed by atoms with Crippen molar-refractivity contribution in [3.05, 3.63) is 81.9 Å². The molecule has 0 radical (unpaired) electrons. The average Bonchev–Trinajstić information content (AvgIpc) is 3.20. The summed E-state index contributed by atoms with van der Waals surface area (Å²) in [6.45, 7) is 7.15. The number of imidazole rings is 1. The Morgan fingerprint density at radius 1 is 1.22 bits per heavy atom. The molecule has 9 nitrogen and oxygen atoms in total. The van der Waals surface area contributed by atoms with Crippen LogP contribution >= 0.6 is 11.6 Å². The summed E-state index contributed by atoms with van der Waals surface area (Å²) in [7, 11) is 0. The normalized spacial score (nSPS) is 13.5. The minimum atomic E-state index is -0.407. The third-order valence-corrected chi connectivity index (χ3v) is 6.00. The number of hydrogen-bond acceptors (Lipinski definition) is 5. The summed E-state index contributed by atoms with van der Waals surface area (Å²) in [5.41, 5.74) is 2.53. The van der Waals surface area contributed by atoms with Crippen LogP contribution in [0.1, 0.15) is 42.2 Å². The zero-order chi connectivity index (χ0) is 25.8. The molecular formula is C26H29ClN5O4+. The number of halogens is 1. The first-order chi connectivity index (χ1) is 17.2. The number of aliphatic imine (C=N–C) groups is 1. The largest absolute Gasteiger partial charge is 0.577 e. The lowest BCUT2D eigenvalue weighted by molar-refractivity contribution is 0.0860. The third kappa shape index (κ3) is 5.68.